The number of rotatable bonds is 5. The third kappa shape index (κ3) is 3.76. The van der Waals surface area contributed by atoms with Gasteiger partial charge < -0.3 is 15.4 Å². The van der Waals surface area contributed by atoms with Gasteiger partial charge in [-0.05, 0) is 31.7 Å². The van der Waals surface area contributed by atoms with Crippen LogP contribution in [0.4, 0.5) is 0 Å². The average Bonchev–Trinajstić information content (AvgIpc) is 2.23. The summed E-state index contributed by atoms with van der Waals surface area (Å²) in [6, 6.07) is -0.0668. The van der Waals surface area contributed by atoms with Gasteiger partial charge in [-0.15, -0.1) is 0 Å². The molecular formula is C12H24N2O2. The van der Waals surface area contributed by atoms with Gasteiger partial charge in [-0.1, -0.05) is 13.8 Å². The highest BCUT2D eigenvalue weighted by molar-refractivity contribution is 5.82. The Kier molecular flexibility index (Phi) is 5.22. The first-order valence-electron chi connectivity index (χ1n) is 6.17. The first-order valence-corrected chi connectivity index (χ1v) is 6.17. The molecule has 0 saturated carbocycles. The van der Waals surface area contributed by atoms with Crippen molar-refractivity contribution < 1.29 is 9.53 Å². The molecule has 0 aromatic rings. The van der Waals surface area contributed by atoms with Gasteiger partial charge in [0.2, 0.25) is 5.91 Å². The van der Waals surface area contributed by atoms with E-state index in [0.29, 0.717) is 19.8 Å². The predicted molar refractivity (Wildman–Crippen MR) is 64.3 cm³/mol. The number of hydrogen-bond acceptors (Lipinski definition) is 3. The third-order valence-electron chi connectivity index (χ3n) is 3.14. The lowest BCUT2D eigenvalue weighted by Crippen LogP contribution is -2.55. The molecule has 1 amide bonds. The smallest absolute Gasteiger partial charge is 0.237 e. The van der Waals surface area contributed by atoms with E-state index in [-0.39, 0.29) is 17.4 Å². The summed E-state index contributed by atoms with van der Waals surface area (Å²) in [5.74, 6) is 0.101. The van der Waals surface area contributed by atoms with Crippen LogP contribution in [0, 0.1) is 5.41 Å². The molecule has 1 saturated heterocycles. The molecule has 1 aliphatic heterocycles. The molecule has 0 spiro atoms. The number of ether oxygens (including phenoxy) is 1. The molecule has 4 nitrogen and oxygen atoms in total. The van der Waals surface area contributed by atoms with Crippen molar-refractivity contribution in [3.05, 3.63) is 0 Å². The SMILES string of the molecule is CCOCCNC(=O)C1NCCCC1(C)C. The highest BCUT2D eigenvalue weighted by Crippen LogP contribution is 2.29. The molecule has 0 aromatic heterocycles. The molecule has 1 unspecified atom stereocenters. The summed E-state index contributed by atoms with van der Waals surface area (Å²) in [5, 5.41) is 6.21. The van der Waals surface area contributed by atoms with E-state index in [1.165, 1.54) is 0 Å². The Labute approximate surface area is 98.1 Å². The molecule has 1 rings (SSSR count). The van der Waals surface area contributed by atoms with Crippen LogP contribution in [-0.2, 0) is 9.53 Å². The molecule has 0 aromatic carbocycles. The molecule has 0 bridgehead atoms. The van der Waals surface area contributed by atoms with E-state index in [1.807, 2.05) is 6.92 Å². The van der Waals surface area contributed by atoms with E-state index in [9.17, 15) is 4.79 Å². The molecule has 2 N–H and O–H groups in total. The normalized spacial score (nSPS) is 24.1. The zero-order chi connectivity index (χ0) is 12.0. The van der Waals surface area contributed by atoms with E-state index < -0.39 is 0 Å². The lowest BCUT2D eigenvalue weighted by molar-refractivity contribution is -0.127. The molecule has 0 radical (unpaired) electrons. The largest absolute Gasteiger partial charge is 0.380 e. The fourth-order valence-corrected chi connectivity index (χ4v) is 2.15. The van der Waals surface area contributed by atoms with Crippen LogP contribution in [0.25, 0.3) is 0 Å². The van der Waals surface area contributed by atoms with Gasteiger partial charge in [0, 0.05) is 13.2 Å². The van der Waals surface area contributed by atoms with Gasteiger partial charge in [0.15, 0.2) is 0 Å². The van der Waals surface area contributed by atoms with E-state index in [2.05, 4.69) is 24.5 Å². The van der Waals surface area contributed by atoms with Crippen LogP contribution in [0.15, 0.2) is 0 Å². The predicted octanol–water partition coefficient (Wildman–Crippen LogP) is 0.917. The number of amides is 1. The van der Waals surface area contributed by atoms with Crippen molar-refractivity contribution >= 4 is 5.91 Å². The second-order valence-electron chi connectivity index (χ2n) is 4.97. The molecule has 1 fully saturated rings. The number of piperidine rings is 1. The Bertz CT molecular complexity index is 229. The molecule has 1 aliphatic rings. The van der Waals surface area contributed by atoms with Crippen LogP contribution in [0.2, 0.25) is 0 Å². The molecule has 1 heterocycles. The van der Waals surface area contributed by atoms with Crippen molar-refractivity contribution in [1.82, 2.24) is 10.6 Å². The van der Waals surface area contributed by atoms with Crippen molar-refractivity contribution in [1.29, 1.82) is 0 Å². The molecule has 16 heavy (non-hydrogen) atoms. The summed E-state index contributed by atoms with van der Waals surface area (Å²) >= 11 is 0. The van der Waals surface area contributed by atoms with Crippen LogP contribution in [0.5, 0.6) is 0 Å². The Morgan fingerprint density at radius 1 is 1.56 bits per heavy atom. The van der Waals surface area contributed by atoms with Gasteiger partial charge in [-0.2, -0.15) is 0 Å². The first-order chi connectivity index (χ1) is 7.58. The standard InChI is InChI=1S/C12H24N2O2/c1-4-16-9-8-14-11(15)10-12(2,3)6-5-7-13-10/h10,13H,4-9H2,1-3H3,(H,14,15). The van der Waals surface area contributed by atoms with Gasteiger partial charge >= 0.3 is 0 Å². The lowest BCUT2D eigenvalue weighted by atomic mass is 9.77. The number of hydrogen-bond donors (Lipinski definition) is 2. The van der Waals surface area contributed by atoms with Crippen LogP contribution < -0.4 is 10.6 Å². The van der Waals surface area contributed by atoms with Gasteiger partial charge in [-0.25, -0.2) is 0 Å². The van der Waals surface area contributed by atoms with E-state index >= 15 is 0 Å². The Hall–Kier alpha value is -0.610. The highest BCUT2D eigenvalue weighted by atomic mass is 16.5. The minimum atomic E-state index is -0.0668. The Balaban J connectivity index is 2.34. The average molecular weight is 228 g/mol. The van der Waals surface area contributed by atoms with Crippen molar-refractivity contribution in [2.75, 3.05) is 26.3 Å². The Morgan fingerprint density at radius 2 is 2.31 bits per heavy atom. The van der Waals surface area contributed by atoms with Crippen molar-refractivity contribution in [2.45, 2.75) is 39.7 Å². The van der Waals surface area contributed by atoms with Crippen LogP contribution in [0.1, 0.15) is 33.6 Å². The monoisotopic (exact) mass is 228 g/mol. The van der Waals surface area contributed by atoms with Crippen molar-refractivity contribution in [2.24, 2.45) is 5.41 Å². The fourth-order valence-electron chi connectivity index (χ4n) is 2.15. The maximum absolute atomic E-state index is 11.9. The first kappa shape index (κ1) is 13.5. The summed E-state index contributed by atoms with van der Waals surface area (Å²) < 4.78 is 5.19. The molecule has 4 heteroatoms. The number of carbonyl (C=O) groups is 1. The van der Waals surface area contributed by atoms with Crippen LogP contribution >= 0.6 is 0 Å². The van der Waals surface area contributed by atoms with Gasteiger partial charge in [0.25, 0.3) is 0 Å². The van der Waals surface area contributed by atoms with Gasteiger partial charge in [0.05, 0.1) is 12.6 Å². The third-order valence-corrected chi connectivity index (χ3v) is 3.14. The number of nitrogens with one attached hydrogen (secondary N) is 2. The Morgan fingerprint density at radius 3 is 2.94 bits per heavy atom. The lowest BCUT2D eigenvalue weighted by Gasteiger charge is -2.38. The van der Waals surface area contributed by atoms with E-state index in [1.54, 1.807) is 0 Å². The maximum Gasteiger partial charge on any atom is 0.237 e. The second-order valence-corrected chi connectivity index (χ2v) is 4.97. The van der Waals surface area contributed by atoms with Gasteiger partial charge in [0.1, 0.15) is 0 Å². The zero-order valence-electron chi connectivity index (χ0n) is 10.6. The summed E-state index contributed by atoms with van der Waals surface area (Å²) in [6.45, 7) is 9.07. The molecule has 94 valence electrons. The molecule has 0 aliphatic carbocycles. The van der Waals surface area contributed by atoms with E-state index in [0.717, 1.165) is 19.4 Å². The van der Waals surface area contributed by atoms with Crippen LogP contribution in [-0.4, -0.2) is 38.3 Å². The maximum atomic E-state index is 11.9. The summed E-state index contributed by atoms with van der Waals surface area (Å²) in [4.78, 5) is 11.9. The van der Waals surface area contributed by atoms with Crippen LogP contribution in [0.3, 0.4) is 0 Å². The van der Waals surface area contributed by atoms with Crippen molar-refractivity contribution in [3.8, 4) is 0 Å². The molecular weight excluding hydrogens is 204 g/mol. The second kappa shape index (κ2) is 6.21. The van der Waals surface area contributed by atoms with Crippen molar-refractivity contribution in [3.63, 3.8) is 0 Å². The highest BCUT2D eigenvalue weighted by Gasteiger charge is 2.36. The summed E-state index contributed by atoms with van der Waals surface area (Å²) in [6.07, 6.45) is 2.25. The summed E-state index contributed by atoms with van der Waals surface area (Å²) in [7, 11) is 0. The minimum Gasteiger partial charge on any atom is -0.380 e. The van der Waals surface area contributed by atoms with E-state index in [4.69, 9.17) is 4.74 Å². The molecule has 1 atom stereocenters. The minimum absolute atomic E-state index is 0.0496. The fraction of sp³-hybridized carbons (Fsp3) is 0.917. The summed E-state index contributed by atoms with van der Waals surface area (Å²) in [5.41, 5.74) is 0.0496. The topological polar surface area (TPSA) is 50.4 Å². The van der Waals surface area contributed by atoms with Gasteiger partial charge in [-0.3, -0.25) is 4.79 Å². The quantitative estimate of drug-likeness (QED) is 0.688. The zero-order valence-corrected chi connectivity index (χ0v) is 10.6. The number of carbonyl (C=O) groups excluding carboxylic acids is 1.